The van der Waals surface area contributed by atoms with Gasteiger partial charge in [0.05, 0.1) is 5.39 Å². The van der Waals surface area contributed by atoms with Gasteiger partial charge in [0.2, 0.25) is 0 Å². The van der Waals surface area contributed by atoms with Crippen LogP contribution in [0.15, 0.2) is 62.2 Å². The van der Waals surface area contributed by atoms with Crippen LogP contribution in [0.3, 0.4) is 0 Å². The van der Waals surface area contributed by atoms with Crippen molar-refractivity contribution in [2.24, 2.45) is 0 Å². The smallest absolute Gasteiger partial charge is 0.344 e. The normalized spacial score (nSPS) is 10.8. The quantitative estimate of drug-likeness (QED) is 0.660. The van der Waals surface area contributed by atoms with E-state index in [1.54, 1.807) is 6.07 Å². The Morgan fingerprint density at radius 1 is 1.00 bits per heavy atom. The maximum Gasteiger partial charge on any atom is 0.344 e. The van der Waals surface area contributed by atoms with Crippen LogP contribution in [-0.4, -0.2) is 0 Å². The van der Waals surface area contributed by atoms with E-state index in [2.05, 4.69) is 15.9 Å². The standard InChI is InChI=1S/C16H11BrO2/c1-10-14-9-12(17)7-8-13(14)16(18)19-15(10)11-5-3-2-4-6-11/h2-9H,1H3. The fourth-order valence-electron chi connectivity index (χ4n) is 2.22. The van der Waals surface area contributed by atoms with Crippen LogP contribution < -0.4 is 5.63 Å². The zero-order valence-electron chi connectivity index (χ0n) is 10.3. The highest BCUT2D eigenvalue weighted by Crippen LogP contribution is 2.28. The summed E-state index contributed by atoms with van der Waals surface area (Å²) >= 11 is 3.44. The predicted octanol–water partition coefficient (Wildman–Crippen LogP) is 4.53. The van der Waals surface area contributed by atoms with Crippen molar-refractivity contribution in [3.8, 4) is 11.3 Å². The lowest BCUT2D eigenvalue weighted by Crippen LogP contribution is -2.02. The molecule has 0 amide bonds. The summed E-state index contributed by atoms with van der Waals surface area (Å²) in [5.74, 6) is 0.635. The van der Waals surface area contributed by atoms with Crippen LogP contribution in [0.5, 0.6) is 0 Å². The molecule has 94 valence electrons. The Bertz CT molecular complexity index is 804. The van der Waals surface area contributed by atoms with Crippen molar-refractivity contribution < 1.29 is 4.42 Å². The molecule has 0 aliphatic heterocycles. The maximum absolute atomic E-state index is 12.1. The molecular weight excluding hydrogens is 304 g/mol. The highest BCUT2D eigenvalue weighted by molar-refractivity contribution is 9.10. The first-order valence-corrected chi connectivity index (χ1v) is 6.74. The minimum absolute atomic E-state index is 0.299. The van der Waals surface area contributed by atoms with Crippen molar-refractivity contribution >= 4 is 26.7 Å². The summed E-state index contributed by atoms with van der Waals surface area (Å²) in [7, 11) is 0. The summed E-state index contributed by atoms with van der Waals surface area (Å²) in [5.41, 5.74) is 1.59. The van der Waals surface area contributed by atoms with Crippen LogP contribution in [-0.2, 0) is 0 Å². The van der Waals surface area contributed by atoms with Gasteiger partial charge in [-0.05, 0) is 30.5 Å². The summed E-state index contributed by atoms with van der Waals surface area (Å²) in [5, 5.41) is 1.53. The topological polar surface area (TPSA) is 30.2 Å². The van der Waals surface area contributed by atoms with Gasteiger partial charge in [-0.1, -0.05) is 46.3 Å². The molecule has 2 nitrogen and oxygen atoms in total. The second-order valence-electron chi connectivity index (χ2n) is 4.40. The summed E-state index contributed by atoms with van der Waals surface area (Å²) in [6, 6.07) is 15.3. The van der Waals surface area contributed by atoms with E-state index in [0.29, 0.717) is 11.1 Å². The third-order valence-electron chi connectivity index (χ3n) is 3.18. The van der Waals surface area contributed by atoms with Gasteiger partial charge in [-0.25, -0.2) is 4.79 Å². The molecule has 1 aromatic heterocycles. The molecule has 3 rings (SSSR count). The van der Waals surface area contributed by atoms with E-state index in [4.69, 9.17) is 4.42 Å². The molecule has 0 radical (unpaired) electrons. The van der Waals surface area contributed by atoms with Crippen molar-refractivity contribution in [3.05, 3.63) is 69.0 Å². The Balaban J connectivity index is 2.40. The monoisotopic (exact) mass is 314 g/mol. The van der Waals surface area contributed by atoms with E-state index in [-0.39, 0.29) is 5.63 Å². The van der Waals surface area contributed by atoms with Gasteiger partial charge in [0.25, 0.3) is 0 Å². The Morgan fingerprint density at radius 3 is 2.47 bits per heavy atom. The number of fused-ring (bicyclic) bond motifs is 1. The van der Waals surface area contributed by atoms with Gasteiger partial charge in [-0.3, -0.25) is 0 Å². The Kier molecular flexibility index (Phi) is 2.99. The van der Waals surface area contributed by atoms with Crippen molar-refractivity contribution in [1.29, 1.82) is 0 Å². The molecule has 0 fully saturated rings. The van der Waals surface area contributed by atoms with Gasteiger partial charge in [0, 0.05) is 15.6 Å². The van der Waals surface area contributed by atoms with E-state index in [1.165, 1.54) is 0 Å². The van der Waals surface area contributed by atoms with Crippen LogP contribution >= 0.6 is 15.9 Å². The number of hydrogen-bond acceptors (Lipinski definition) is 2. The number of halogens is 1. The van der Waals surface area contributed by atoms with Gasteiger partial charge < -0.3 is 4.42 Å². The number of benzene rings is 2. The van der Waals surface area contributed by atoms with Crippen molar-refractivity contribution in [1.82, 2.24) is 0 Å². The Labute approximate surface area is 118 Å². The predicted molar refractivity (Wildman–Crippen MR) is 80.4 cm³/mol. The molecule has 0 unspecified atom stereocenters. The molecule has 0 aliphatic rings. The largest absolute Gasteiger partial charge is 0.422 e. The molecule has 1 heterocycles. The molecular formula is C16H11BrO2. The van der Waals surface area contributed by atoms with Gasteiger partial charge in [-0.15, -0.1) is 0 Å². The van der Waals surface area contributed by atoms with Crippen molar-refractivity contribution in [3.63, 3.8) is 0 Å². The number of rotatable bonds is 1. The molecule has 0 bridgehead atoms. The molecule has 0 saturated heterocycles. The highest BCUT2D eigenvalue weighted by Gasteiger charge is 2.12. The van der Waals surface area contributed by atoms with Crippen molar-refractivity contribution in [2.75, 3.05) is 0 Å². The van der Waals surface area contributed by atoms with E-state index in [1.807, 2.05) is 49.4 Å². The van der Waals surface area contributed by atoms with Gasteiger partial charge in [0.1, 0.15) is 5.76 Å². The number of hydrogen-bond donors (Lipinski definition) is 0. The first-order chi connectivity index (χ1) is 9.16. The second-order valence-corrected chi connectivity index (χ2v) is 5.32. The minimum atomic E-state index is -0.299. The second kappa shape index (κ2) is 4.67. The van der Waals surface area contributed by atoms with Crippen LogP contribution in [0, 0.1) is 6.92 Å². The summed E-state index contributed by atoms with van der Waals surface area (Å²) in [6.07, 6.45) is 0. The van der Waals surface area contributed by atoms with Crippen LogP contribution in [0.2, 0.25) is 0 Å². The molecule has 0 aliphatic carbocycles. The van der Waals surface area contributed by atoms with Crippen LogP contribution in [0.4, 0.5) is 0 Å². The Morgan fingerprint density at radius 2 is 1.74 bits per heavy atom. The molecule has 0 saturated carbocycles. The SMILES string of the molecule is Cc1c(-c2ccccc2)oc(=O)c2ccc(Br)cc12. The molecule has 0 spiro atoms. The average molecular weight is 315 g/mol. The molecule has 19 heavy (non-hydrogen) atoms. The molecule has 3 heteroatoms. The first kappa shape index (κ1) is 12.2. The first-order valence-electron chi connectivity index (χ1n) is 5.95. The average Bonchev–Trinajstić information content (AvgIpc) is 2.43. The van der Waals surface area contributed by atoms with Gasteiger partial charge >= 0.3 is 5.63 Å². The van der Waals surface area contributed by atoms with Crippen molar-refractivity contribution in [2.45, 2.75) is 6.92 Å². The summed E-state index contributed by atoms with van der Waals surface area (Å²) < 4.78 is 6.43. The summed E-state index contributed by atoms with van der Waals surface area (Å²) in [4.78, 5) is 12.1. The van der Waals surface area contributed by atoms with Crippen LogP contribution in [0.25, 0.3) is 22.1 Å². The summed E-state index contributed by atoms with van der Waals surface area (Å²) in [6.45, 7) is 1.97. The molecule has 0 N–H and O–H groups in total. The lowest BCUT2D eigenvalue weighted by molar-refractivity contribution is 0.531. The highest BCUT2D eigenvalue weighted by atomic mass is 79.9. The third-order valence-corrected chi connectivity index (χ3v) is 3.67. The third kappa shape index (κ3) is 2.10. The molecule has 0 atom stereocenters. The van der Waals surface area contributed by atoms with Crippen LogP contribution in [0.1, 0.15) is 5.56 Å². The van der Waals surface area contributed by atoms with E-state index in [9.17, 15) is 4.79 Å². The fourth-order valence-corrected chi connectivity index (χ4v) is 2.58. The number of aryl methyl sites for hydroxylation is 1. The lowest BCUT2D eigenvalue weighted by atomic mass is 10.0. The zero-order valence-corrected chi connectivity index (χ0v) is 11.9. The molecule has 3 aromatic rings. The maximum atomic E-state index is 12.1. The fraction of sp³-hybridized carbons (Fsp3) is 0.0625. The van der Waals surface area contributed by atoms with Gasteiger partial charge in [0.15, 0.2) is 0 Å². The van der Waals surface area contributed by atoms with Gasteiger partial charge in [-0.2, -0.15) is 0 Å². The minimum Gasteiger partial charge on any atom is -0.422 e. The molecule has 2 aromatic carbocycles. The lowest BCUT2D eigenvalue weighted by Gasteiger charge is -2.08. The Hall–Kier alpha value is -1.87. The van der Waals surface area contributed by atoms with E-state index < -0.39 is 0 Å². The van der Waals surface area contributed by atoms with E-state index in [0.717, 1.165) is 21.0 Å². The van der Waals surface area contributed by atoms with E-state index >= 15 is 0 Å². The zero-order chi connectivity index (χ0) is 13.4.